The van der Waals surface area contributed by atoms with Crippen LogP contribution in [0.3, 0.4) is 0 Å². The first kappa shape index (κ1) is 42.2. The van der Waals surface area contributed by atoms with Crippen LogP contribution in [0.2, 0.25) is 0 Å². The number of amides is 3. The second-order valence-corrected chi connectivity index (χ2v) is 18.7. The Bertz CT molecular complexity index is 1250. The summed E-state index contributed by atoms with van der Waals surface area (Å²) in [5, 5.41) is 21.7. The molecular weight excluding hydrogens is 674 g/mol. The molecule has 6 rings (SSSR count). The van der Waals surface area contributed by atoms with Crippen LogP contribution in [-0.4, -0.2) is 117 Å². The topological polar surface area (TPSA) is 142 Å². The van der Waals surface area contributed by atoms with Gasteiger partial charge >= 0.3 is 6.09 Å². The van der Waals surface area contributed by atoms with Crippen molar-refractivity contribution in [2.45, 2.75) is 136 Å². The number of hydroxylamine groups is 2. The zero-order valence-electron chi connectivity index (χ0n) is 34.4. The van der Waals surface area contributed by atoms with Crippen molar-refractivity contribution in [3.8, 4) is 0 Å². The van der Waals surface area contributed by atoms with E-state index in [4.69, 9.17) is 14.3 Å². The molecule has 1 heterocycles. The molecule has 1 aliphatic heterocycles. The van der Waals surface area contributed by atoms with Gasteiger partial charge in [-0.1, -0.05) is 41.0 Å². The monoisotopic (exact) mass is 748 g/mol. The van der Waals surface area contributed by atoms with Crippen molar-refractivity contribution in [2.24, 2.45) is 58.7 Å². The van der Waals surface area contributed by atoms with Crippen molar-refractivity contribution in [2.75, 3.05) is 47.9 Å². The van der Waals surface area contributed by atoms with Crippen LogP contribution < -0.4 is 16.0 Å². The Hall–Kier alpha value is -1.99. The SMILES string of the molecule is CNC(=O)C1CC(C2CCCC(CN3O[C@@H](CO)[C@@H]([C@H](C)OC(=O)NCCC(C)C)[C@H]3C(=O)N[C@H]3C[C@H]4C[C@@H]([C@@H]3C)C4(C)C)C2OC)CC(N(C)C)C1. The predicted octanol–water partition coefficient (Wildman–Crippen LogP) is 4.45. The molecule has 14 atom stereocenters. The molecule has 5 aliphatic carbocycles. The number of methoxy groups -OCH3 is 1. The van der Waals surface area contributed by atoms with Gasteiger partial charge in [-0.25, -0.2) is 4.79 Å². The molecule has 0 radical (unpaired) electrons. The first-order chi connectivity index (χ1) is 25.1. The van der Waals surface area contributed by atoms with Crippen LogP contribution in [0.4, 0.5) is 4.79 Å². The lowest BCUT2D eigenvalue weighted by atomic mass is 9.45. The van der Waals surface area contributed by atoms with E-state index in [0.717, 1.165) is 51.4 Å². The van der Waals surface area contributed by atoms with Crippen LogP contribution in [0.5, 0.6) is 0 Å². The van der Waals surface area contributed by atoms with Gasteiger partial charge in [0.15, 0.2) is 0 Å². The van der Waals surface area contributed by atoms with Crippen LogP contribution in [0.1, 0.15) is 99.3 Å². The molecule has 304 valence electrons. The molecule has 0 aromatic heterocycles. The molecule has 12 nitrogen and oxygen atoms in total. The molecule has 2 bridgehead atoms. The summed E-state index contributed by atoms with van der Waals surface area (Å²) in [7, 11) is 7.73. The zero-order valence-corrected chi connectivity index (χ0v) is 34.4. The van der Waals surface area contributed by atoms with Crippen molar-refractivity contribution in [3.63, 3.8) is 0 Å². The van der Waals surface area contributed by atoms with Crippen LogP contribution in [-0.2, 0) is 23.9 Å². The number of aliphatic hydroxyl groups excluding tert-OH is 1. The van der Waals surface area contributed by atoms with Gasteiger partial charge < -0.3 is 35.4 Å². The maximum atomic E-state index is 14.6. The third-order valence-corrected chi connectivity index (χ3v) is 14.7. The molecule has 4 N–H and O–H groups in total. The van der Waals surface area contributed by atoms with Crippen LogP contribution in [0, 0.1) is 58.7 Å². The molecule has 6 unspecified atom stereocenters. The summed E-state index contributed by atoms with van der Waals surface area (Å²) in [4.78, 5) is 49.3. The number of ether oxygens (including phenoxy) is 2. The van der Waals surface area contributed by atoms with E-state index in [1.165, 1.54) is 6.42 Å². The molecule has 0 aromatic carbocycles. The Morgan fingerprint density at radius 2 is 1.77 bits per heavy atom. The Kier molecular flexibility index (Phi) is 14.2. The highest BCUT2D eigenvalue weighted by Crippen LogP contribution is 2.61. The van der Waals surface area contributed by atoms with E-state index < -0.39 is 30.3 Å². The lowest BCUT2D eigenvalue weighted by Crippen LogP contribution is -2.62. The van der Waals surface area contributed by atoms with Gasteiger partial charge in [0.25, 0.3) is 0 Å². The lowest BCUT2D eigenvalue weighted by Gasteiger charge is -2.62. The average molecular weight is 748 g/mol. The van der Waals surface area contributed by atoms with Crippen molar-refractivity contribution in [1.29, 1.82) is 0 Å². The summed E-state index contributed by atoms with van der Waals surface area (Å²) in [6.45, 7) is 13.7. The second-order valence-electron chi connectivity index (χ2n) is 18.7. The summed E-state index contributed by atoms with van der Waals surface area (Å²) in [6.07, 6.45) is 6.68. The van der Waals surface area contributed by atoms with Gasteiger partial charge in [0.1, 0.15) is 18.2 Å². The van der Waals surface area contributed by atoms with Crippen LogP contribution >= 0.6 is 0 Å². The maximum Gasteiger partial charge on any atom is 0.407 e. The van der Waals surface area contributed by atoms with Gasteiger partial charge in [0.2, 0.25) is 11.8 Å². The third kappa shape index (κ3) is 9.19. The Balaban J connectivity index is 1.37. The minimum Gasteiger partial charge on any atom is -0.446 e. The fourth-order valence-electron chi connectivity index (χ4n) is 11.4. The van der Waals surface area contributed by atoms with Gasteiger partial charge in [-0.3, -0.25) is 14.4 Å². The van der Waals surface area contributed by atoms with Crippen molar-refractivity contribution in [3.05, 3.63) is 0 Å². The van der Waals surface area contributed by atoms with Gasteiger partial charge in [0.05, 0.1) is 18.6 Å². The number of alkyl carbamates (subject to hydrolysis) is 1. The largest absolute Gasteiger partial charge is 0.446 e. The fourth-order valence-corrected chi connectivity index (χ4v) is 11.4. The summed E-state index contributed by atoms with van der Waals surface area (Å²) < 4.78 is 12.3. The number of hydrogen-bond donors (Lipinski definition) is 4. The van der Waals surface area contributed by atoms with E-state index >= 15 is 0 Å². The Morgan fingerprint density at radius 1 is 1.04 bits per heavy atom. The first-order valence-corrected chi connectivity index (χ1v) is 20.8. The summed E-state index contributed by atoms with van der Waals surface area (Å²) >= 11 is 0. The molecule has 12 heteroatoms. The third-order valence-electron chi connectivity index (χ3n) is 14.7. The molecule has 0 spiro atoms. The highest BCUT2D eigenvalue weighted by Gasteiger charge is 2.58. The van der Waals surface area contributed by atoms with Gasteiger partial charge in [-0.05, 0) is 113 Å². The number of carbonyl (C=O) groups is 3. The summed E-state index contributed by atoms with van der Waals surface area (Å²) in [5.41, 5.74) is 0.289. The minimum atomic E-state index is -0.757. The molecular formula is C41H73N5O7. The normalized spacial score (nSPS) is 38.9. The van der Waals surface area contributed by atoms with Crippen LogP contribution in [0.15, 0.2) is 0 Å². The molecule has 53 heavy (non-hydrogen) atoms. The molecule has 5 saturated carbocycles. The zero-order chi connectivity index (χ0) is 38.8. The fraction of sp³-hybridized carbons (Fsp3) is 0.927. The van der Waals surface area contributed by atoms with E-state index in [1.54, 1.807) is 19.2 Å². The molecule has 6 aliphatic rings. The number of aliphatic hydroxyl groups is 1. The number of fused-ring (bicyclic) bond motifs is 2. The quantitative estimate of drug-likeness (QED) is 0.203. The van der Waals surface area contributed by atoms with Gasteiger partial charge in [-0.15, -0.1) is 0 Å². The van der Waals surface area contributed by atoms with E-state index in [0.29, 0.717) is 48.7 Å². The lowest BCUT2D eigenvalue weighted by molar-refractivity contribution is -0.193. The Labute approximate surface area is 319 Å². The minimum absolute atomic E-state index is 0.0343. The number of nitrogens with zero attached hydrogens (tertiary/aromatic N) is 2. The van der Waals surface area contributed by atoms with E-state index in [2.05, 4.69) is 69.6 Å². The average Bonchev–Trinajstić information content (AvgIpc) is 3.49. The number of rotatable bonds is 14. The van der Waals surface area contributed by atoms with Crippen molar-refractivity contribution >= 4 is 17.9 Å². The smallest absolute Gasteiger partial charge is 0.407 e. The highest BCUT2D eigenvalue weighted by molar-refractivity contribution is 5.83. The highest BCUT2D eigenvalue weighted by atomic mass is 16.7. The van der Waals surface area contributed by atoms with E-state index in [1.807, 2.05) is 6.92 Å². The van der Waals surface area contributed by atoms with Crippen molar-refractivity contribution in [1.82, 2.24) is 25.9 Å². The number of hydrogen-bond acceptors (Lipinski definition) is 9. The van der Waals surface area contributed by atoms with Crippen molar-refractivity contribution < 1.29 is 33.8 Å². The maximum absolute atomic E-state index is 14.6. The molecule has 3 amide bonds. The van der Waals surface area contributed by atoms with Crippen LogP contribution in [0.25, 0.3) is 0 Å². The van der Waals surface area contributed by atoms with E-state index in [-0.39, 0.29) is 53.7 Å². The molecule has 0 aromatic rings. The summed E-state index contributed by atoms with van der Waals surface area (Å²) in [6, 6.07) is -0.384. The molecule has 6 fully saturated rings. The first-order valence-electron chi connectivity index (χ1n) is 20.8. The van der Waals surface area contributed by atoms with Gasteiger partial charge in [0, 0.05) is 51.2 Å². The second kappa shape index (κ2) is 17.9. The number of carbonyl (C=O) groups excluding carboxylic acids is 3. The summed E-state index contributed by atoms with van der Waals surface area (Å²) in [5.74, 6) is 1.97. The Morgan fingerprint density at radius 3 is 2.38 bits per heavy atom. The van der Waals surface area contributed by atoms with E-state index in [9.17, 15) is 19.5 Å². The molecule has 1 saturated heterocycles. The standard InChI is InChI=1S/C41H73N5O7/c1-23(2)14-15-43-40(50)52-25(4)35-34(22-47)53-46(36(35)39(49)44-33-20-29-19-32(24(33)3)41(29,5)6)21-26-12-11-13-31(37(26)51-10)27-16-28(38(48)42-7)18-30(17-27)45(8)9/h23-37,47H,11-22H2,1-10H3,(H,42,48)(H,43,50)(H,44,49)/t24-,25-,26?,27?,28?,29+,30?,31?,32-,33-,34-,35+,36-,37?/m0/s1. The predicted molar refractivity (Wildman–Crippen MR) is 204 cm³/mol. The number of nitrogens with one attached hydrogen (secondary N) is 3. The van der Waals surface area contributed by atoms with Gasteiger partial charge in [-0.2, -0.15) is 5.06 Å².